The van der Waals surface area contributed by atoms with Gasteiger partial charge in [0.05, 0.1) is 29.3 Å². The lowest BCUT2D eigenvalue weighted by molar-refractivity contribution is -0.138. The van der Waals surface area contributed by atoms with E-state index in [9.17, 15) is 36.2 Å². The van der Waals surface area contributed by atoms with Gasteiger partial charge in [-0.1, -0.05) is 12.1 Å². The van der Waals surface area contributed by atoms with Crippen LogP contribution in [0.4, 0.5) is 17.6 Å². The second-order valence-electron chi connectivity index (χ2n) is 8.64. The molecule has 34 heavy (non-hydrogen) atoms. The number of aromatic nitrogens is 1. The molecule has 0 bridgehead atoms. The highest BCUT2D eigenvalue weighted by Crippen LogP contribution is 2.44. The van der Waals surface area contributed by atoms with Crippen molar-refractivity contribution in [1.29, 1.82) is 0 Å². The largest absolute Gasteiger partial charge is 0.481 e. The minimum Gasteiger partial charge on any atom is -0.481 e. The van der Waals surface area contributed by atoms with Gasteiger partial charge in [-0.25, -0.2) is 8.60 Å². The molecule has 1 aliphatic carbocycles. The Balaban J connectivity index is 1.98. The smallest absolute Gasteiger partial charge is 0.416 e. The first-order valence-corrected chi connectivity index (χ1v) is 12.1. The number of carboxylic acids is 1. The molecule has 1 aromatic heterocycles. The first kappa shape index (κ1) is 24.4. The number of benzene rings is 2. The van der Waals surface area contributed by atoms with Crippen LogP contribution < -0.4 is 0 Å². The molecule has 1 aliphatic rings. The molecule has 0 fully saturated rings. The summed E-state index contributed by atoms with van der Waals surface area (Å²) >= 11 is -2.26. The van der Waals surface area contributed by atoms with Gasteiger partial charge < -0.3 is 14.2 Å². The number of carboxylic acid groups (broad SMARTS) is 1. The maximum absolute atomic E-state index is 14.5. The minimum absolute atomic E-state index is 0.146. The van der Waals surface area contributed by atoms with Gasteiger partial charge in [0.25, 0.3) is 0 Å². The summed E-state index contributed by atoms with van der Waals surface area (Å²) in [5.74, 6) is -2.27. The number of aryl methyl sites for hydroxylation is 1. The van der Waals surface area contributed by atoms with Crippen LogP contribution in [-0.2, 0) is 34.2 Å². The van der Waals surface area contributed by atoms with E-state index in [0.717, 1.165) is 17.7 Å². The highest BCUT2D eigenvalue weighted by atomic mass is 32.2. The van der Waals surface area contributed by atoms with E-state index in [1.807, 2.05) is 4.57 Å². The fourth-order valence-electron chi connectivity index (χ4n) is 5.10. The molecule has 1 heterocycles. The Kier molecular flexibility index (Phi) is 6.56. The second kappa shape index (κ2) is 9.14. The number of aliphatic carboxylic acids is 1. The Labute approximate surface area is 195 Å². The van der Waals surface area contributed by atoms with E-state index >= 15 is 0 Å². The van der Waals surface area contributed by atoms with Crippen LogP contribution >= 0.6 is 0 Å². The normalized spacial score (nSPS) is 18.0. The lowest BCUT2D eigenvalue weighted by Gasteiger charge is -2.28. The number of fused-ring (bicyclic) bond motifs is 3. The molecule has 0 spiro atoms. The first-order chi connectivity index (χ1) is 16.0. The van der Waals surface area contributed by atoms with Crippen LogP contribution in [0.25, 0.3) is 10.9 Å². The van der Waals surface area contributed by atoms with Gasteiger partial charge >= 0.3 is 12.1 Å². The third kappa shape index (κ3) is 4.61. The van der Waals surface area contributed by atoms with E-state index in [1.54, 1.807) is 6.92 Å². The summed E-state index contributed by atoms with van der Waals surface area (Å²) in [6.07, 6.45) is -2.74. The SMILES string of the molecule is C[C@@H](c1ccc(C(F)(F)F)cc1)n1c2c(c3cc(F)cc(CS(=O)O)c31)CCC[C@@H]2CC(=O)O. The second-order valence-corrected chi connectivity index (χ2v) is 9.58. The van der Waals surface area contributed by atoms with E-state index in [4.69, 9.17) is 0 Å². The van der Waals surface area contributed by atoms with Gasteiger partial charge in [-0.05, 0) is 67.1 Å². The third-order valence-electron chi connectivity index (χ3n) is 6.46. The number of hydrogen-bond acceptors (Lipinski definition) is 2. The molecule has 0 amide bonds. The van der Waals surface area contributed by atoms with Crippen molar-refractivity contribution in [2.75, 3.05) is 0 Å². The van der Waals surface area contributed by atoms with Crippen molar-refractivity contribution in [3.63, 3.8) is 0 Å². The fraction of sp³-hybridized carbons (Fsp3) is 0.375. The summed E-state index contributed by atoms with van der Waals surface area (Å²) in [7, 11) is 0. The molecule has 1 unspecified atom stereocenters. The number of rotatable bonds is 6. The summed E-state index contributed by atoms with van der Waals surface area (Å²) in [6.45, 7) is 1.78. The van der Waals surface area contributed by atoms with Gasteiger partial charge in [0, 0.05) is 17.0 Å². The summed E-state index contributed by atoms with van der Waals surface area (Å²) < 4.78 is 76.7. The molecule has 2 aromatic carbocycles. The maximum atomic E-state index is 14.5. The van der Waals surface area contributed by atoms with E-state index in [1.165, 1.54) is 24.3 Å². The fourth-order valence-corrected chi connectivity index (χ4v) is 5.58. The quantitative estimate of drug-likeness (QED) is 0.322. The van der Waals surface area contributed by atoms with Crippen LogP contribution in [0.15, 0.2) is 36.4 Å². The van der Waals surface area contributed by atoms with Crippen molar-refractivity contribution in [1.82, 2.24) is 4.57 Å². The topological polar surface area (TPSA) is 79.5 Å². The minimum atomic E-state index is -4.48. The monoisotopic (exact) mass is 497 g/mol. The van der Waals surface area contributed by atoms with Gasteiger partial charge in [0.15, 0.2) is 11.1 Å². The van der Waals surface area contributed by atoms with E-state index in [-0.39, 0.29) is 23.7 Å². The Bertz CT molecular complexity index is 1270. The van der Waals surface area contributed by atoms with E-state index in [0.29, 0.717) is 41.4 Å². The molecule has 3 aromatic rings. The zero-order valence-electron chi connectivity index (χ0n) is 18.2. The van der Waals surface area contributed by atoms with Crippen LogP contribution in [0, 0.1) is 5.82 Å². The maximum Gasteiger partial charge on any atom is 0.416 e. The number of alkyl halides is 3. The highest BCUT2D eigenvalue weighted by Gasteiger charge is 2.33. The van der Waals surface area contributed by atoms with Crippen LogP contribution in [0.5, 0.6) is 0 Å². The van der Waals surface area contributed by atoms with Crippen LogP contribution in [-0.4, -0.2) is 24.4 Å². The van der Waals surface area contributed by atoms with Crippen LogP contribution in [0.3, 0.4) is 0 Å². The number of hydrogen-bond donors (Lipinski definition) is 2. The summed E-state index contributed by atoms with van der Waals surface area (Å²) in [5.41, 5.74) is 2.05. The average Bonchev–Trinajstić information content (AvgIpc) is 3.07. The Hall–Kier alpha value is -2.72. The zero-order valence-corrected chi connectivity index (χ0v) is 19.0. The van der Waals surface area contributed by atoms with Crippen molar-refractivity contribution in [3.05, 3.63) is 70.2 Å². The Morgan fingerprint density at radius 1 is 1.24 bits per heavy atom. The van der Waals surface area contributed by atoms with Gasteiger partial charge in [-0.3, -0.25) is 4.79 Å². The number of halogens is 4. The highest BCUT2D eigenvalue weighted by molar-refractivity contribution is 7.78. The summed E-state index contributed by atoms with van der Waals surface area (Å²) in [4.78, 5) is 11.6. The molecule has 2 N–H and O–H groups in total. The first-order valence-electron chi connectivity index (χ1n) is 10.8. The Morgan fingerprint density at radius 2 is 1.91 bits per heavy atom. The molecule has 0 saturated carbocycles. The van der Waals surface area contributed by atoms with Gasteiger partial charge in [0.2, 0.25) is 0 Å². The van der Waals surface area contributed by atoms with Crippen molar-refractivity contribution in [3.8, 4) is 0 Å². The predicted octanol–water partition coefficient (Wildman–Crippen LogP) is 6.02. The Morgan fingerprint density at radius 3 is 2.50 bits per heavy atom. The molecule has 0 radical (unpaired) electrons. The molecule has 3 atom stereocenters. The molecule has 10 heteroatoms. The van der Waals surface area contributed by atoms with Gasteiger partial charge in [-0.15, -0.1) is 0 Å². The van der Waals surface area contributed by atoms with Gasteiger partial charge in [-0.2, -0.15) is 13.2 Å². The summed E-state index contributed by atoms with van der Waals surface area (Å²) in [6, 6.07) is 6.72. The zero-order chi connectivity index (χ0) is 24.8. The van der Waals surface area contributed by atoms with Crippen LogP contribution in [0.1, 0.15) is 66.1 Å². The third-order valence-corrected chi connectivity index (χ3v) is 7.02. The average molecular weight is 498 g/mol. The molecule has 182 valence electrons. The molecular weight excluding hydrogens is 474 g/mol. The molecule has 0 saturated heterocycles. The van der Waals surface area contributed by atoms with Crippen molar-refractivity contribution in [2.45, 2.75) is 56.5 Å². The summed E-state index contributed by atoms with van der Waals surface area (Å²) in [5, 5.41) is 10.0. The van der Waals surface area contributed by atoms with E-state index < -0.39 is 40.6 Å². The molecular formula is C24H23F4NO4S. The molecule has 4 rings (SSSR count). The van der Waals surface area contributed by atoms with Crippen molar-refractivity contribution in [2.24, 2.45) is 0 Å². The van der Waals surface area contributed by atoms with Crippen LogP contribution in [0.2, 0.25) is 0 Å². The van der Waals surface area contributed by atoms with Crippen molar-refractivity contribution < 1.29 is 36.2 Å². The lowest BCUT2D eigenvalue weighted by Crippen LogP contribution is -2.20. The van der Waals surface area contributed by atoms with E-state index in [2.05, 4.69) is 0 Å². The molecule has 5 nitrogen and oxygen atoms in total. The molecule has 0 aliphatic heterocycles. The number of carbonyl (C=O) groups is 1. The van der Waals surface area contributed by atoms with Gasteiger partial charge in [0.1, 0.15) is 5.82 Å². The predicted molar refractivity (Wildman–Crippen MR) is 120 cm³/mol. The standard InChI is InChI=1S/C24H23F4NO4S/c1-13(14-5-7-17(8-6-14)24(26,27)28)29-22-15(10-21(30)31)3-2-4-19(22)20-11-18(25)9-16(23(20)29)12-34(32)33/h5-9,11,13,15H,2-4,10,12H2,1H3,(H,30,31)(H,32,33)/t13-,15+/m0/s1. The number of nitrogens with zero attached hydrogens (tertiary/aromatic N) is 1. The van der Waals surface area contributed by atoms with Crippen molar-refractivity contribution >= 4 is 28.0 Å². The lowest BCUT2D eigenvalue weighted by atomic mass is 9.84.